The fourth-order valence-corrected chi connectivity index (χ4v) is 2.56. The number of nitrogens with one attached hydrogen (secondary N) is 1. The van der Waals surface area contributed by atoms with Crippen LogP contribution in [-0.2, 0) is 9.59 Å². The number of carbonyl (C=O) groups excluding carboxylic acids is 2. The summed E-state index contributed by atoms with van der Waals surface area (Å²) in [6, 6.07) is 6.40. The summed E-state index contributed by atoms with van der Waals surface area (Å²) >= 11 is 0. The van der Waals surface area contributed by atoms with Crippen molar-refractivity contribution >= 4 is 17.5 Å². The summed E-state index contributed by atoms with van der Waals surface area (Å²) < 4.78 is 0. The summed E-state index contributed by atoms with van der Waals surface area (Å²) in [5.41, 5.74) is 5.68. The topological polar surface area (TPSA) is 78.7 Å². The van der Waals surface area contributed by atoms with Gasteiger partial charge in [0.25, 0.3) is 0 Å². The summed E-state index contributed by atoms with van der Waals surface area (Å²) in [6.45, 7) is 6.99. The Balaban J connectivity index is 1.95. The Kier molecular flexibility index (Phi) is 4.80. The first kappa shape index (κ1) is 15.3. The van der Waals surface area contributed by atoms with E-state index in [9.17, 15) is 9.59 Å². The smallest absolute Gasteiger partial charge is 0.243 e. The van der Waals surface area contributed by atoms with Gasteiger partial charge >= 0.3 is 0 Å². The Morgan fingerprint density at radius 1 is 1.19 bits per heavy atom. The lowest BCUT2D eigenvalue weighted by Gasteiger charge is -2.37. The van der Waals surface area contributed by atoms with Crippen LogP contribution in [0.5, 0.6) is 0 Å². The lowest BCUT2D eigenvalue weighted by molar-refractivity contribution is -0.136. The number of hydrogen-bond acceptors (Lipinski definition) is 4. The van der Waals surface area contributed by atoms with E-state index in [1.54, 1.807) is 4.90 Å². The molecule has 1 heterocycles. The minimum Gasteiger partial charge on any atom is -0.368 e. The van der Waals surface area contributed by atoms with E-state index < -0.39 is 5.91 Å². The van der Waals surface area contributed by atoms with Crippen LogP contribution in [0, 0.1) is 13.8 Å². The molecule has 0 aromatic heterocycles. The molecule has 1 fully saturated rings. The maximum atomic E-state index is 11.9. The number of piperazine rings is 1. The first-order valence-electron chi connectivity index (χ1n) is 7.10. The third kappa shape index (κ3) is 3.72. The van der Waals surface area contributed by atoms with Crippen molar-refractivity contribution in [2.75, 3.05) is 31.1 Å². The number of nitrogens with zero attached hydrogens (tertiary/aromatic N) is 2. The van der Waals surface area contributed by atoms with E-state index in [4.69, 9.17) is 5.84 Å². The highest BCUT2D eigenvalue weighted by Gasteiger charge is 2.23. The normalized spacial score (nSPS) is 15.0. The molecule has 3 N–H and O–H groups in total. The van der Waals surface area contributed by atoms with Crippen molar-refractivity contribution in [2.24, 2.45) is 5.84 Å². The van der Waals surface area contributed by atoms with Gasteiger partial charge in [-0.2, -0.15) is 0 Å². The van der Waals surface area contributed by atoms with Crippen LogP contribution >= 0.6 is 0 Å². The maximum absolute atomic E-state index is 11.9. The Morgan fingerprint density at radius 3 is 2.48 bits per heavy atom. The standard InChI is InChI=1S/C15H22N4O2/c1-11-3-4-12(2)13(9-11)18-5-7-19(8-6-18)15(21)10-14(20)17-16/h3-4,9H,5-8,10,16H2,1-2H3,(H,17,20). The van der Waals surface area contributed by atoms with E-state index in [2.05, 4.69) is 36.9 Å². The molecule has 6 heteroatoms. The average molecular weight is 290 g/mol. The summed E-state index contributed by atoms with van der Waals surface area (Å²) in [6.07, 6.45) is -0.181. The van der Waals surface area contributed by atoms with Gasteiger partial charge in [0.05, 0.1) is 0 Å². The van der Waals surface area contributed by atoms with Gasteiger partial charge in [-0.05, 0) is 31.0 Å². The van der Waals surface area contributed by atoms with Crippen molar-refractivity contribution in [1.29, 1.82) is 0 Å². The molecule has 1 saturated heterocycles. The molecular formula is C15H22N4O2. The second kappa shape index (κ2) is 6.58. The fraction of sp³-hybridized carbons (Fsp3) is 0.467. The van der Waals surface area contributed by atoms with Gasteiger partial charge in [-0.25, -0.2) is 5.84 Å². The molecule has 0 aliphatic carbocycles. The third-order valence-corrected chi connectivity index (χ3v) is 3.81. The van der Waals surface area contributed by atoms with E-state index in [1.165, 1.54) is 16.8 Å². The van der Waals surface area contributed by atoms with Crippen molar-refractivity contribution in [2.45, 2.75) is 20.3 Å². The molecule has 2 rings (SSSR count). The molecule has 114 valence electrons. The summed E-state index contributed by atoms with van der Waals surface area (Å²) in [7, 11) is 0. The first-order valence-corrected chi connectivity index (χ1v) is 7.10. The Morgan fingerprint density at radius 2 is 1.86 bits per heavy atom. The molecule has 1 aliphatic heterocycles. The Labute approximate surface area is 124 Å². The second-order valence-electron chi connectivity index (χ2n) is 5.40. The van der Waals surface area contributed by atoms with E-state index in [0.29, 0.717) is 13.1 Å². The molecule has 6 nitrogen and oxygen atoms in total. The maximum Gasteiger partial charge on any atom is 0.243 e. The van der Waals surface area contributed by atoms with Gasteiger partial charge in [0.1, 0.15) is 6.42 Å². The molecule has 1 aromatic carbocycles. The number of benzene rings is 1. The minimum atomic E-state index is -0.447. The highest BCUT2D eigenvalue weighted by Crippen LogP contribution is 2.22. The molecular weight excluding hydrogens is 268 g/mol. The van der Waals surface area contributed by atoms with E-state index in [0.717, 1.165) is 13.1 Å². The van der Waals surface area contributed by atoms with Crippen molar-refractivity contribution in [1.82, 2.24) is 10.3 Å². The molecule has 0 saturated carbocycles. The number of nitrogens with two attached hydrogens (primary N) is 1. The van der Waals surface area contributed by atoms with Gasteiger partial charge < -0.3 is 9.80 Å². The molecule has 0 bridgehead atoms. The zero-order valence-corrected chi connectivity index (χ0v) is 12.6. The third-order valence-electron chi connectivity index (χ3n) is 3.81. The number of anilines is 1. The van der Waals surface area contributed by atoms with Gasteiger partial charge in [0, 0.05) is 31.9 Å². The van der Waals surface area contributed by atoms with Crippen LogP contribution in [0.25, 0.3) is 0 Å². The van der Waals surface area contributed by atoms with Crippen molar-refractivity contribution in [3.63, 3.8) is 0 Å². The van der Waals surface area contributed by atoms with Crippen LogP contribution < -0.4 is 16.2 Å². The van der Waals surface area contributed by atoms with E-state index >= 15 is 0 Å². The fourth-order valence-electron chi connectivity index (χ4n) is 2.56. The van der Waals surface area contributed by atoms with Crippen molar-refractivity contribution in [3.8, 4) is 0 Å². The molecule has 0 spiro atoms. The molecule has 0 radical (unpaired) electrons. The number of rotatable bonds is 3. The SMILES string of the molecule is Cc1ccc(C)c(N2CCN(C(=O)CC(=O)NN)CC2)c1. The zero-order chi connectivity index (χ0) is 15.4. The first-order chi connectivity index (χ1) is 10.0. The largest absolute Gasteiger partial charge is 0.368 e. The summed E-state index contributed by atoms with van der Waals surface area (Å²) in [5, 5.41) is 0. The Bertz CT molecular complexity index is 536. The summed E-state index contributed by atoms with van der Waals surface area (Å²) in [4.78, 5) is 27.1. The van der Waals surface area contributed by atoms with Gasteiger partial charge in [0.2, 0.25) is 11.8 Å². The molecule has 1 aliphatic rings. The second-order valence-corrected chi connectivity index (χ2v) is 5.40. The van der Waals surface area contributed by atoms with Crippen molar-refractivity contribution < 1.29 is 9.59 Å². The van der Waals surface area contributed by atoms with Gasteiger partial charge in [-0.3, -0.25) is 15.0 Å². The minimum absolute atomic E-state index is 0.168. The summed E-state index contributed by atoms with van der Waals surface area (Å²) in [5.74, 6) is 4.38. The van der Waals surface area contributed by atoms with E-state index in [-0.39, 0.29) is 12.3 Å². The molecule has 21 heavy (non-hydrogen) atoms. The molecule has 2 amide bonds. The van der Waals surface area contributed by atoms with Crippen LogP contribution in [-0.4, -0.2) is 42.9 Å². The predicted octanol–water partition coefficient (Wildman–Crippen LogP) is 0.332. The van der Waals surface area contributed by atoms with Crippen LogP contribution in [0.2, 0.25) is 0 Å². The molecule has 1 aromatic rings. The average Bonchev–Trinajstić information content (AvgIpc) is 2.49. The van der Waals surface area contributed by atoms with Crippen LogP contribution in [0.1, 0.15) is 17.5 Å². The zero-order valence-electron chi connectivity index (χ0n) is 12.6. The van der Waals surface area contributed by atoms with E-state index in [1.807, 2.05) is 5.43 Å². The molecule has 0 atom stereocenters. The number of amides is 2. The predicted molar refractivity (Wildman–Crippen MR) is 81.7 cm³/mol. The van der Waals surface area contributed by atoms with Crippen LogP contribution in [0.4, 0.5) is 5.69 Å². The number of hydrogen-bond donors (Lipinski definition) is 2. The number of hydrazine groups is 1. The van der Waals surface area contributed by atoms with Crippen LogP contribution in [0.3, 0.4) is 0 Å². The molecule has 0 unspecified atom stereocenters. The lowest BCUT2D eigenvalue weighted by atomic mass is 10.1. The Hall–Kier alpha value is -2.08. The number of aryl methyl sites for hydroxylation is 2. The van der Waals surface area contributed by atoms with Crippen LogP contribution in [0.15, 0.2) is 18.2 Å². The number of carbonyl (C=O) groups is 2. The monoisotopic (exact) mass is 290 g/mol. The highest BCUT2D eigenvalue weighted by molar-refractivity contribution is 5.96. The highest BCUT2D eigenvalue weighted by atomic mass is 16.2. The van der Waals surface area contributed by atoms with Gasteiger partial charge in [-0.15, -0.1) is 0 Å². The quantitative estimate of drug-likeness (QED) is 0.364. The van der Waals surface area contributed by atoms with Gasteiger partial charge in [0.15, 0.2) is 0 Å². The lowest BCUT2D eigenvalue weighted by Crippen LogP contribution is -2.50. The van der Waals surface area contributed by atoms with Crippen molar-refractivity contribution in [3.05, 3.63) is 29.3 Å². The van der Waals surface area contributed by atoms with Gasteiger partial charge in [-0.1, -0.05) is 12.1 Å².